The Labute approximate surface area is 137 Å². The Kier molecular flexibility index (Phi) is 5.23. The molecule has 0 atom stereocenters. The molecular formula is C19H21N3O. The summed E-state index contributed by atoms with van der Waals surface area (Å²) in [5, 5.41) is 12.2. The molecule has 1 heterocycles. The van der Waals surface area contributed by atoms with Gasteiger partial charge in [-0.25, -0.2) is 4.98 Å². The first kappa shape index (κ1) is 15.5. The SMILES string of the molecule is N#Cc1ccc(CNCc2ccc(OC3CCCC3)nc2)cc1. The molecule has 4 heteroatoms. The number of ether oxygens (including phenoxy) is 1. The van der Waals surface area contributed by atoms with E-state index in [1.807, 2.05) is 36.5 Å². The highest BCUT2D eigenvalue weighted by atomic mass is 16.5. The molecule has 0 aliphatic heterocycles. The van der Waals surface area contributed by atoms with Gasteiger partial charge in [-0.3, -0.25) is 0 Å². The highest BCUT2D eigenvalue weighted by Gasteiger charge is 2.16. The van der Waals surface area contributed by atoms with Crippen molar-refractivity contribution in [3.8, 4) is 11.9 Å². The van der Waals surface area contributed by atoms with Crippen molar-refractivity contribution < 1.29 is 4.74 Å². The van der Waals surface area contributed by atoms with Crippen LogP contribution < -0.4 is 10.1 Å². The van der Waals surface area contributed by atoms with Gasteiger partial charge < -0.3 is 10.1 Å². The number of nitriles is 1. The van der Waals surface area contributed by atoms with Crippen LogP contribution in [-0.2, 0) is 13.1 Å². The molecule has 0 amide bonds. The van der Waals surface area contributed by atoms with Gasteiger partial charge in [0, 0.05) is 25.4 Å². The first-order valence-corrected chi connectivity index (χ1v) is 8.15. The molecule has 23 heavy (non-hydrogen) atoms. The fraction of sp³-hybridized carbons (Fsp3) is 0.368. The lowest BCUT2D eigenvalue weighted by molar-refractivity contribution is 0.201. The second-order valence-electron chi connectivity index (χ2n) is 5.94. The summed E-state index contributed by atoms with van der Waals surface area (Å²) in [6.45, 7) is 1.53. The Bertz CT molecular complexity index is 653. The van der Waals surface area contributed by atoms with Gasteiger partial charge in [0.1, 0.15) is 6.10 Å². The van der Waals surface area contributed by atoms with Crippen LogP contribution >= 0.6 is 0 Å². The third kappa shape index (κ3) is 4.54. The summed E-state index contributed by atoms with van der Waals surface area (Å²) in [6.07, 6.45) is 7.05. The van der Waals surface area contributed by atoms with Gasteiger partial charge in [-0.05, 0) is 48.9 Å². The zero-order chi connectivity index (χ0) is 15.9. The summed E-state index contributed by atoms with van der Waals surface area (Å²) in [5.74, 6) is 0.729. The molecule has 0 unspecified atom stereocenters. The lowest BCUT2D eigenvalue weighted by Crippen LogP contribution is -2.14. The van der Waals surface area contributed by atoms with Gasteiger partial charge in [0.15, 0.2) is 0 Å². The van der Waals surface area contributed by atoms with E-state index >= 15 is 0 Å². The van der Waals surface area contributed by atoms with E-state index in [4.69, 9.17) is 10.00 Å². The molecule has 1 fully saturated rings. The van der Waals surface area contributed by atoms with Crippen molar-refractivity contribution >= 4 is 0 Å². The van der Waals surface area contributed by atoms with Gasteiger partial charge in [0.25, 0.3) is 0 Å². The van der Waals surface area contributed by atoms with Gasteiger partial charge in [-0.1, -0.05) is 18.2 Å². The number of hydrogen-bond donors (Lipinski definition) is 1. The van der Waals surface area contributed by atoms with Crippen LogP contribution in [0.25, 0.3) is 0 Å². The second kappa shape index (κ2) is 7.75. The van der Waals surface area contributed by atoms with Crippen molar-refractivity contribution in [2.75, 3.05) is 0 Å². The summed E-state index contributed by atoms with van der Waals surface area (Å²) in [5.41, 5.74) is 2.99. The molecule has 1 aromatic carbocycles. The van der Waals surface area contributed by atoms with Crippen LogP contribution in [0.5, 0.6) is 5.88 Å². The number of hydrogen-bond acceptors (Lipinski definition) is 4. The van der Waals surface area contributed by atoms with E-state index in [1.165, 1.54) is 12.8 Å². The molecular weight excluding hydrogens is 286 g/mol. The van der Waals surface area contributed by atoms with Crippen LogP contribution in [0.3, 0.4) is 0 Å². The van der Waals surface area contributed by atoms with Crippen LogP contribution in [0.2, 0.25) is 0 Å². The molecule has 0 radical (unpaired) electrons. The minimum Gasteiger partial charge on any atom is -0.474 e. The number of aromatic nitrogens is 1. The minimum atomic E-state index is 0.350. The quantitative estimate of drug-likeness (QED) is 0.886. The summed E-state index contributed by atoms with van der Waals surface area (Å²) in [7, 11) is 0. The molecule has 0 bridgehead atoms. The highest BCUT2D eigenvalue weighted by Crippen LogP contribution is 2.22. The summed E-state index contributed by atoms with van der Waals surface area (Å²) >= 11 is 0. The number of nitrogens with zero attached hydrogens (tertiary/aromatic N) is 2. The standard InChI is InChI=1S/C19H21N3O/c20-11-15-5-7-16(8-6-15)12-21-13-17-9-10-19(22-14-17)23-18-3-1-2-4-18/h5-10,14,18,21H,1-4,12-13H2. The van der Waals surface area contributed by atoms with Crippen LogP contribution in [0, 0.1) is 11.3 Å². The number of benzene rings is 1. The fourth-order valence-corrected chi connectivity index (χ4v) is 2.81. The number of rotatable bonds is 6. The predicted octanol–water partition coefficient (Wildman–Crippen LogP) is 3.56. The molecule has 1 aromatic heterocycles. The fourth-order valence-electron chi connectivity index (χ4n) is 2.81. The molecule has 1 saturated carbocycles. The average Bonchev–Trinajstić information content (AvgIpc) is 3.10. The molecule has 118 valence electrons. The summed E-state index contributed by atoms with van der Waals surface area (Å²) in [6, 6.07) is 13.8. The van der Waals surface area contributed by atoms with Gasteiger partial charge in [-0.15, -0.1) is 0 Å². The third-order valence-corrected chi connectivity index (χ3v) is 4.13. The Morgan fingerprint density at radius 2 is 1.74 bits per heavy atom. The van der Waals surface area contributed by atoms with E-state index < -0.39 is 0 Å². The smallest absolute Gasteiger partial charge is 0.213 e. The van der Waals surface area contributed by atoms with Gasteiger partial charge in [-0.2, -0.15) is 5.26 Å². The molecule has 4 nitrogen and oxygen atoms in total. The lowest BCUT2D eigenvalue weighted by atomic mass is 10.1. The van der Waals surface area contributed by atoms with E-state index in [-0.39, 0.29) is 0 Å². The van der Waals surface area contributed by atoms with Crippen LogP contribution in [0.1, 0.15) is 42.4 Å². The van der Waals surface area contributed by atoms with Crippen LogP contribution in [-0.4, -0.2) is 11.1 Å². The van der Waals surface area contributed by atoms with Crippen molar-refractivity contribution in [3.63, 3.8) is 0 Å². The molecule has 1 aliphatic rings. The topological polar surface area (TPSA) is 57.9 Å². The van der Waals surface area contributed by atoms with Crippen molar-refractivity contribution in [1.82, 2.24) is 10.3 Å². The van der Waals surface area contributed by atoms with E-state index in [0.29, 0.717) is 11.7 Å². The van der Waals surface area contributed by atoms with Crippen LogP contribution in [0.15, 0.2) is 42.6 Å². The van der Waals surface area contributed by atoms with Gasteiger partial charge in [0.2, 0.25) is 5.88 Å². The summed E-state index contributed by atoms with van der Waals surface area (Å²) < 4.78 is 5.87. The maximum atomic E-state index is 8.78. The zero-order valence-electron chi connectivity index (χ0n) is 13.2. The lowest BCUT2D eigenvalue weighted by Gasteiger charge is -2.12. The first-order valence-electron chi connectivity index (χ1n) is 8.15. The minimum absolute atomic E-state index is 0.350. The van der Waals surface area contributed by atoms with Crippen molar-refractivity contribution in [3.05, 3.63) is 59.3 Å². The van der Waals surface area contributed by atoms with Crippen molar-refractivity contribution in [2.45, 2.75) is 44.9 Å². The maximum absolute atomic E-state index is 8.78. The molecule has 3 rings (SSSR count). The van der Waals surface area contributed by atoms with E-state index in [0.717, 1.165) is 42.9 Å². The Balaban J connectivity index is 1.45. The Morgan fingerprint density at radius 3 is 2.39 bits per heavy atom. The normalized spacial score (nSPS) is 14.6. The third-order valence-electron chi connectivity index (χ3n) is 4.13. The maximum Gasteiger partial charge on any atom is 0.213 e. The first-order chi connectivity index (χ1) is 11.3. The van der Waals surface area contributed by atoms with Gasteiger partial charge in [0.05, 0.1) is 11.6 Å². The molecule has 2 aromatic rings. The highest BCUT2D eigenvalue weighted by molar-refractivity contribution is 5.31. The monoisotopic (exact) mass is 307 g/mol. The molecule has 0 saturated heterocycles. The van der Waals surface area contributed by atoms with E-state index in [2.05, 4.69) is 22.4 Å². The van der Waals surface area contributed by atoms with Crippen LogP contribution in [0.4, 0.5) is 0 Å². The Hall–Kier alpha value is -2.38. The average molecular weight is 307 g/mol. The van der Waals surface area contributed by atoms with Crippen molar-refractivity contribution in [2.24, 2.45) is 0 Å². The molecule has 1 aliphatic carbocycles. The molecule has 0 spiro atoms. The molecule has 1 N–H and O–H groups in total. The predicted molar refractivity (Wildman–Crippen MR) is 88.8 cm³/mol. The van der Waals surface area contributed by atoms with Crippen molar-refractivity contribution in [1.29, 1.82) is 5.26 Å². The van der Waals surface area contributed by atoms with E-state index in [1.54, 1.807) is 0 Å². The largest absolute Gasteiger partial charge is 0.474 e. The van der Waals surface area contributed by atoms with E-state index in [9.17, 15) is 0 Å². The Morgan fingerprint density at radius 1 is 1.04 bits per heavy atom. The summed E-state index contributed by atoms with van der Waals surface area (Å²) in [4.78, 5) is 4.39. The second-order valence-corrected chi connectivity index (χ2v) is 5.94. The zero-order valence-corrected chi connectivity index (χ0v) is 13.2. The van der Waals surface area contributed by atoms with Gasteiger partial charge >= 0.3 is 0 Å². The number of pyridine rings is 1. The number of nitrogens with one attached hydrogen (secondary N) is 1.